The van der Waals surface area contributed by atoms with Crippen LogP contribution in [0.15, 0.2) is 85.2 Å². The Labute approximate surface area is 244 Å². The molecule has 4 aromatic rings. The molecule has 40 heavy (non-hydrogen) atoms. The summed E-state index contributed by atoms with van der Waals surface area (Å²) in [7, 11) is 0. The summed E-state index contributed by atoms with van der Waals surface area (Å²) in [6.45, 7) is 4.30. The Kier molecular flexibility index (Phi) is 7.21. The number of carboxylic acid groups (broad SMARTS) is 1. The summed E-state index contributed by atoms with van der Waals surface area (Å²) in [6, 6.07) is 22.4. The number of benzene rings is 2. The molecule has 204 valence electrons. The zero-order chi connectivity index (χ0) is 27.8. The molecule has 0 bridgehead atoms. The zero-order valence-corrected chi connectivity index (χ0v) is 23.6. The number of rotatable bonds is 6. The quantitative estimate of drug-likeness (QED) is 0.251. The second-order valence-electron chi connectivity index (χ2n) is 10.5. The monoisotopic (exact) mass is 571 g/mol. The van der Waals surface area contributed by atoms with Crippen LogP contribution in [-0.4, -0.2) is 38.8 Å². The van der Waals surface area contributed by atoms with Crippen LogP contribution in [0.5, 0.6) is 0 Å². The Balaban J connectivity index is 1.43. The molecule has 4 heterocycles. The third-order valence-corrected chi connectivity index (χ3v) is 8.50. The van der Waals surface area contributed by atoms with Gasteiger partial charge >= 0.3 is 5.97 Å². The standard InChI is InChI=1S/C31H30ClN5O2S/c1-20-12-16-35(17-13-20)26-11-10-23(19-24(26)32)37-29(28(34-31(37)40)25-8-2-3-14-33-25)27-9-5-15-36(27)22-7-4-6-21(18-22)30(38)39/h2-11,14-15,18-20,28-29H,12-13,16-17H2,1H3,(H,34,40)(H,38,39). The number of piperidine rings is 1. The van der Waals surface area contributed by atoms with Crippen molar-refractivity contribution in [1.29, 1.82) is 0 Å². The van der Waals surface area contributed by atoms with Crippen molar-refractivity contribution in [3.05, 3.63) is 107 Å². The van der Waals surface area contributed by atoms with Crippen molar-refractivity contribution >= 4 is 46.3 Å². The van der Waals surface area contributed by atoms with Gasteiger partial charge in [0.05, 0.1) is 28.0 Å². The van der Waals surface area contributed by atoms with Crippen molar-refractivity contribution in [3.63, 3.8) is 0 Å². The number of carbonyl (C=O) groups is 1. The fraction of sp³-hybridized carbons (Fsp3) is 0.258. The van der Waals surface area contributed by atoms with E-state index in [0.717, 1.165) is 60.3 Å². The number of nitrogens with zero attached hydrogens (tertiary/aromatic N) is 4. The van der Waals surface area contributed by atoms with Crippen LogP contribution in [0, 0.1) is 5.92 Å². The maximum absolute atomic E-state index is 11.7. The summed E-state index contributed by atoms with van der Waals surface area (Å²) >= 11 is 12.8. The van der Waals surface area contributed by atoms with Gasteiger partial charge < -0.3 is 24.8 Å². The second kappa shape index (κ2) is 10.9. The maximum atomic E-state index is 11.7. The summed E-state index contributed by atoms with van der Waals surface area (Å²) in [5.74, 6) is -0.232. The highest BCUT2D eigenvalue weighted by atomic mass is 35.5. The van der Waals surface area contributed by atoms with Crippen LogP contribution < -0.4 is 15.1 Å². The van der Waals surface area contributed by atoms with E-state index in [0.29, 0.717) is 10.1 Å². The van der Waals surface area contributed by atoms with Gasteiger partial charge in [0.1, 0.15) is 6.04 Å². The van der Waals surface area contributed by atoms with Gasteiger partial charge in [0.15, 0.2) is 5.11 Å². The number of aromatic carboxylic acids is 1. The number of carboxylic acids is 1. The van der Waals surface area contributed by atoms with Crippen LogP contribution in [0.4, 0.5) is 11.4 Å². The molecule has 2 aromatic carbocycles. The van der Waals surface area contributed by atoms with Gasteiger partial charge in [0.25, 0.3) is 0 Å². The van der Waals surface area contributed by atoms with E-state index >= 15 is 0 Å². The topological polar surface area (TPSA) is 73.6 Å². The van der Waals surface area contributed by atoms with Gasteiger partial charge in [-0.15, -0.1) is 0 Å². The van der Waals surface area contributed by atoms with E-state index in [-0.39, 0.29) is 17.6 Å². The predicted octanol–water partition coefficient (Wildman–Crippen LogP) is 6.64. The molecule has 6 rings (SSSR count). The normalized spacial score (nSPS) is 19.6. The Morgan fingerprint density at radius 3 is 2.58 bits per heavy atom. The van der Waals surface area contributed by atoms with Gasteiger partial charge in [-0.25, -0.2) is 4.79 Å². The second-order valence-corrected chi connectivity index (χ2v) is 11.3. The summed E-state index contributed by atoms with van der Waals surface area (Å²) in [4.78, 5) is 20.8. The third kappa shape index (κ3) is 4.93. The first-order valence-corrected chi connectivity index (χ1v) is 14.3. The molecule has 7 nitrogen and oxygen atoms in total. The molecule has 2 saturated heterocycles. The number of pyridine rings is 1. The summed E-state index contributed by atoms with van der Waals surface area (Å²) in [6.07, 6.45) is 6.04. The minimum Gasteiger partial charge on any atom is -0.478 e. The summed E-state index contributed by atoms with van der Waals surface area (Å²) < 4.78 is 2.01. The SMILES string of the molecule is CC1CCN(c2ccc(N3C(=S)NC(c4ccccn4)C3c3cccn3-c3cccc(C(=O)O)c3)cc2Cl)CC1. The highest BCUT2D eigenvalue weighted by Crippen LogP contribution is 2.44. The molecule has 2 unspecified atom stereocenters. The number of halogens is 1. The first-order chi connectivity index (χ1) is 19.4. The fourth-order valence-electron chi connectivity index (χ4n) is 5.74. The van der Waals surface area contributed by atoms with Crippen LogP contribution >= 0.6 is 23.8 Å². The molecule has 2 fully saturated rings. The van der Waals surface area contributed by atoms with E-state index in [1.807, 2.05) is 53.2 Å². The van der Waals surface area contributed by atoms with Gasteiger partial charge in [0, 0.05) is 42.6 Å². The van der Waals surface area contributed by atoms with Gasteiger partial charge in [-0.3, -0.25) is 4.98 Å². The molecule has 2 N–H and O–H groups in total. The molecular weight excluding hydrogens is 542 g/mol. The van der Waals surface area contributed by atoms with E-state index in [9.17, 15) is 9.90 Å². The van der Waals surface area contributed by atoms with Crippen LogP contribution in [-0.2, 0) is 0 Å². The largest absolute Gasteiger partial charge is 0.478 e. The molecule has 0 saturated carbocycles. The Bertz CT molecular complexity index is 1550. The first kappa shape index (κ1) is 26.3. The maximum Gasteiger partial charge on any atom is 0.335 e. The summed E-state index contributed by atoms with van der Waals surface area (Å²) in [5, 5.41) is 14.4. The Hall–Kier alpha value is -3.88. The minimum atomic E-state index is -0.967. The molecule has 9 heteroatoms. The van der Waals surface area contributed by atoms with E-state index in [2.05, 4.69) is 39.2 Å². The van der Waals surface area contributed by atoms with Crippen molar-refractivity contribution in [2.75, 3.05) is 22.9 Å². The minimum absolute atomic E-state index is 0.227. The molecule has 0 spiro atoms. The van der Waals surface area contributed by atoms with Gasteiger partial charge in [-0.05, 0) is 91.6 Å². The average Bonchev–Trinajstić information content (AvgIpc) is 3.58. The van der Waals surface area contributed by atoms with Gasteiger partial charge in [-0.1, -0.05) is 30.7 Å². The number of hydrogen-bond donors (Lipinski definition) is 2. The highest BCUT2D eigenvalue weighted by Gasteiger charge is 2.42. The first-order valence-electron chi connectivity index (χ1n) is 13.5. The number of anilines is 2. The number of hydrogen-bond acceptors (Lipinski definition) is 4. The molecule has 2 aliphatic rings. The highest BCUT2D eigenvalue weighted by molar-refractivity contribution is 7.80. The number of thiocarbonyl (C=S) groups is 1. The summed E-state index contributed by atoms with van der Waals surface area (Å²) in [5.41, 5.74) is 4.70. The van der Waals surface area contributed by atoms with Crippen molar-refractivity contribution in [2.24, 2.45) is 5.92 Å². The van der Waals surface area contributed by atoms with E-state index in [1.54, 1.807) is 24.4 Å². The Morgan fingerprint density at radius 2 is 1.85 bits per heavy atom. The van der Waals surface area contributed by atoms with Crippen LogP contribution in [0.25, 0.3) is 5.69 Å². The lowest BCUT2D eigenvalue weighted by Gasteiger charge is -2.33. The molecular formula is C31H30ClN5O2S. The number of nitrogens with one attached hydrogen (secondary N) is 1. The molecule has 0 aliphatic carbocycles. The smallest absolute Gasteiger partial charge is 0.335 e. The zero-order valence-electron chi connectivity index (χ0n) is 22.1. The van der Waals surface area contributed by atoms with Crippen molar-refractivity contribution in [3.8, 4) is 5.69 Å². The molecule has 2 aromatic heterocycles. The lowest BCUT2D eigenvalue weighted by molar-refractivity contribution is 0.0697. The fourth-order valence-corrected chi connectivity index (χ4v) is 6.38. The molecule has 2 aliphatic heterocycles. The van der Waals surface area contributed by atoms with Gasteiger partial charge in [0.2, 0.25) is 0 Å². The third-order valence-electron chi connectivity index (χ3n) is 7.89. The van der Waals surface area contributed by atoms with Gasteiger partial charge in [-0.2, -0.15) is 0 Å². The lowest BCUT2D eigenvalue weighted by atomic mass is 9.98. The van der Waals surface area contributed by atoms with E-state index in [1.165, 1.54) is 0 Å². The van der Waals surface area contributed by atoms with Crippen LogP contribution in [0.3, 0.4) is 0 Å². The van der Waals surface area contributed by atoms with E-state index in [4.69, 9.17) is 23.8 Å². The average molecular weight is 572 g/mol. The van der Waals surface area contributed by atoms with Crippen molar-refractivity contribution < 1.29 is 9.90 Å². The number of aromatic nitrogens is 2. The van der Waals surface area contributed by atoms with Crippen molar-refractivity contribution in [2.45, 2.75) is 31.8 Å². The van der Waals surface area contributed by atoms with Crippen molar-refractivity contribution in [1.82, 2.24) is 14.9 Å². The van der Waals surface area contributed by atoms with Crippen LogP contribution in [0.1, 0.15) is 53.6 Å². The Morgan fingerprint density at radius 1 is 1.02 bits per heavy atom. The molecule has 2 atom stereocenters. The predicted molar refractivity (Wildman–Crippen MR) is 163 cm³/mol. The lowest BCUT2D eigenvalue weighted by Crippen LogP contribution is -2.33. The van der Waals surface area contributed by atoms with Crippen LogP contribution in [0.2, 0.25) is 5.02 Å². The molecule has 0 radical (unpaired) electrons. The molecule has 0 amide bonds. The van der Waals surface area contributed by atoms with E-state index < -0.39 is 5.97 Å².